The summed E-state index contributed by atoms with van der Waals surface area (Å²) in [5, 5.41) is 0. The third-order valence-electron chi connectivity index (χ3n) is 4.67. The van der Waals surface area contributed by atoms with Crippen molar-refractivity contribution in [1.29, 1.82) is 0 Å². The van der Waals surface area contributed by atoms with Gasteiger partial charge in [0.15, 0.2) is 0 Å². The number of benzene rings is 1. The van der Waals surface area contributed by atoms with Crippen molar-refractivity contribution in [3.63, 3.8) is 0 Å². The minimum atomic E-state index is -0.303. The number of ether oxygens (including phenoxy) is 1. The van der Waals surface area contributed by atoms with Gasteiger partial charge in [-0.3, -0.25) is 0 Å². The number of carbonyl (C=O) groups excluding carboxylic acids is 1. The molecule has 25 heavy (non-hydrogen) atoms. The van der Waals surface area contributed by atoms with E-state index in [1.807, 2.05) is 37.3 Å². The molecule has 0 saturated carbocycles. The molecule has 0 N–H and O–H groups in total. The van der Waals surface area contributed by atoms with Crippen LogP contribution in [0.25, 0.3) is 11.1 Å². The van der Waals surface area contributed by atoms with Gasteiger partial charge in [0.05, 0.1) is 5.56 Å². The topological polar surface area (TPSA) is 26.3 Å². The van der Waals surface area contributed by atoms with Crippen LogP contribution in [0.15, 0.2) is 48.5 Å². The van der Waals surface area contributed by atoms with E-state index in [1.165, 1.54) is 5.56 Å². The summed E-state index contributed by atoms with van der Waals surface area (Å²) in [6, 6.07) is 15.9. The van der Waals surface area contributed by atoms with E-state index in [2.05, 4.69) is 45.9 Å². The van der Waals surface area contributed by atoms with Gasteiger partial charge in [-0.05, 0) is 72.7 Å². The molecule has 0 spiro atoms. The number of rotatable bonds is 3. The molecule has 0 atom stereocenters. The van der Waals surface area contributed by atoms with E-state index in [4.69, 9.17) is 4.74 Å². The predicted octanol–water partition coefficient (Wildman–Crippen LogP) is 6.06. The van der Waals surface area contributed by atoms with Gasteiger partial charge in [-0.25, -0.2) is 4.79 Å². The maximum Gasteiger partial charge on any atom is 0.344 e. The summed E-state index contributed by atoms with van der Waals surface area (Å²) in [5.74, 6) is 0.707. The molecule has 0 amide bonds. The van der Waals surface area contributed by atoms with Crippen LogP contribution in [0.2, 0.25) is 0 Å². The fourth-order valence-electron chi connectivity index (χ4n) is 3.13. The molecule has 0 fully saturated rings. The molecule has 2 nitrogen and oxygen atoms in total. The lowest BCUT2D eigenvalue weighted by molar-refractivity contribution is 0.0736. The van der Waals surface area contributed by atoms with Gasteiger partial charge in [-0.2, -0.15) is 0 Å². The summed E-state index contributed by atoms with van der Waals surface area (Å²) in [5.41, 5.74) is 7.35. The van der Waals surface area contributed by atoms with E-state index in [0.717, 1.165) is 27.8 Å². The fraction of sp³-hybridized carbons (Fsp3) is 0.261. The second kappa shape index (κ2) is 6.72. The van der Waals surface area contributed by atoms with Crippen molar-refractivity contribution in [2.24, 2.45) is 0 Å². The molecule has 0 aromatic heterocycles. The highest BCUT2D eigenvalue weighted by molar-refractivity contribution is 6.02. The summed E-state index contributed by atoms with van der Waals surface area (Å²) < 4.78 is 5.60. The second-order valence-corrected chi connectivity index (χ2v) is 7.05. The Morgan fingerprint density at radius 2 is 1.56 bits per heavy atom. The zero-order valence-electron chi connectivity index (χ0n) is 15.5. The quantitative estimate of drug-likeness (QED) is 0.430. The average molecular weight is 332 g/mol. The minimum Gasteiger partial charge on any atom is -0.423 e. The van der Waals surface area contributed by atoms with Gasteiger partial charge in [-0.1, -0.05) is 49.7 Å². The first-order valence-corrected chi connectivity index (χ1v) is 8.69. The SMILES string of the molecule is Cc1ccc(OC(=O)c2cc(C)c3cc(C(C)C)ccc(C)c2-3)cc1. The molecule has 0 unspecified atom stereocenters. The van der Waals surface area contributed by atoms with Crippen LogP contribution in [0, 0.1) is 20.8 Å². The van der Waals surface area contributed by atoms with Crippen LogP contribution in [0.1, 0.15) is 52.4 Å². The molecule has 0 bridgehead atoms. The second-order valence-electron chi connectivity index (χ2n) is 7.05. The van der Waals surface area contributed by atoms with Crippen molar-refractivity contribution in [1.82, 2.24) is 0 Å². The predicted molar refractivity (Wildman–Crippen MR) is 103 cm³/mol. The average Bonchev–Trinajstić information content (AvgIpc) is 2.78. The molecule has 0 radical (unpaired) electrons. The summed E-state index contributed by atoms with van der Waals surface area (Å²) in [6.45, 7) is 10.5. The number of aryl methyl sites for hydroxylation is 3. The van der Waals surface area contributed by atoms with Crippen LogP contribution < -0.4 is 4.74 Å². The summed E-state index contributed by atoms with van der Waals surface area (Å²) in [6.07, 6.45) is 0. The van der Waals surface area contributed by atoms with Crippen molar-refractivity contribution >= 4 is 5.97 Å². The van der Waals surface area contributed by atoms with Crippen LogP contribution in [-0.4, -0.2) is 5.97 Å². The van der Waals surface area contributed by atoms with Crippen molar-refractivity contribution in [3.05, 3.63) is 76.3 Å². The molecule has 1 aromatic carbocycles. The maximum absolute atomic E-state index is 12.8. The Kier molecular flexibility index (Phi) is 4.63. The Hall–Kier alpha value is -2.61. The highest BCUT2D eigenvalue weighted by atomic mass is 16.5. The summed E-state index contributed by atoms with van der Waals surface area (Å²) >= 11 is 0. The van der Waals surface area contributed by atoms with E-state index in [1.54, 1.807) is 0 Å². The molecule has 0 saturated heterocycles. The van der Waals surface area contributed by atoms with Crippen molar-refractivity contribution in [2.45, 2.75) is 40.5 Å². The highest BCUT2D eigenvalue weighted by Gasteiger charge is 2.22. The monoisotopic (exact) mass is 332 g/mol. The normalized spacial score (nSPS) is 11.1. The van der Waals surface area contributed by atoms with Crippen LogP contribution >= 0.6 is 0 Å². The van der Waals surface area contributed by atoms with Gasteiger partial charge >= 0.3 is 5.97 Å². The molecular formula is C23H24O2. The van der Waals surface area contributed by atoms with Crippen LogP contribution in [0.3, 0.4) is 0 Å². The first kappa shape index (κ1) is 17.2. The molecule has 2 aliphatic rings. The molecule has 128 valence electrons. The zero-order valence-corrected chi connectivity index (χ0v) is 15.5. The van der Waals surface area contributed by atoms with E-state index < -0.39 is 0 Å². The Labute approximate surface area is 149 Å². The van der Waals surface area contributed by atoms with Crippen molar-refractivity contribution < 1.29 is 9.53 Å². The molecule has 2 heteroatoms. The van der Waals surface area contributed by atoms with Crippen molar-refractivity contribution in [2.75, 3.05) is 0 Å². The summed E-state index contributed by atoms with van der Waals surface area (Å²) in [7, 11) is 0. The fourth-order valence-corrected chi connectivity index (χ4v) is 3.13. The Morgan fingerprint density at radius 1 is 0.880 bits per heavy atom. The van der Waals surface area contributed by atoms with Crippen LogP contribution in [0.4, 0.5) is 0 Å². The molecule has 2 aliphatic carbocycles. The van der Waals surface area contributed by atoms with E-state index in [-0.39, 0.29) is 5.97 Å². The van der Waals surface area contributed by atoms with Crippen molar-refractivity contribution in [3.8, 4) is 16.9 Å². The Morgan fingerprint density at radius 3 is 2.20 bits per heavy atom. The smallest absolute Gasteiger partial charge is 0.344 e. The van der Waals surface area contributed by atoms with E-state index in [0.29, 0.717) is 17.2 Å². The highest BCUT2D eigenvalue weighted by Crippen LogP contribution is 2.36. The van der Waals surface area contributed by atoms with E-state index >= 15 is 0 Å². The molecule has 0 aliphatic heterocycles. The van der Waals surface area contributed by atoms with Gasteiger partial charge in [0.1, 0.15) is 5.75 Å². The number of hydrogen-bond donors (Lipinski definition) is 0. The Balaban J connectivity index is 2.03. The van der Waals surface area contributed by atoms with Gasteiger partial charge in [0, 0.05) is 0 Å². The minimum absolute atomic E-state index is 0.303. The van der Waals surface area contributed by atoms with Crippen LogP contribution in [0.5, 0.6) is 5.75 Å². The lowest BCUT2D eigenvalue weighted by atomic mass is 10.0. The molecular weight excluding hydrogens is 308 g/mol. The Bertz CT molecular complexity index is 889. The maximum atomic E-state index is 12.8. The number of hydrogen-bond acceptors (Lipinski definition) is 2. The van der Waals surface area contributed by atoms with Gasteiger partial charge in [0.25, 0.3) is 0 Å². The standard InChI is InChI=1S/C23H24O2/c1-14(2)18-9-8-16(4)22-20(13-18)17(5)12-21(22)23(24)25-19-10-6-15(3)7-11-19/h6-14H,1-5H3. The number of fused-ring (bicyclic) bond motifs is 1. The molecule has 0 heterocycles. The first-order valence-electron chi connectivity index (χ1n) is 8.69. The largest absolute Gasteiger partial charge is 0.423 e. The lowest BCUT2D eigenvalue weighted by Gasteiger charge is -2.07. The van der Waals surface area contributed by atoms with Gasteiger partial charge in [0.2, 0.25) is 0 Å². The molecule has 1 aromatic rings. The number of esters is 1. The first-order chi connectivity index (χ1) is 11.9. The zero-order chi connectivity index (χ0) is 18.1. The lowest BCUT2D eigenvalue weighted by Crippen LogP contribution is -2.08. The molecule has 3 rings (SSSR count). The summed E-state index contributed by atoms with van der Waals surface area (Å²) in [4.78, 5) is 12.8. The van der Waals surface area contributed by atoms with Crippen LogP contribution in [-0.2, 0) is 0 Å². The van der Waals surface area contributed by atoms with Gasteiger partial charge < -0.3 is 4.74 Å². The third-order valence-corrected chi connectivity index (χ3v) is 4.67. The third kappa shape index (κ3) is 3.43. The number of carbonyl (C=O) groups is 1. The van der Waals surface area contributed by atoms with Gasteiger partial charge in [-0.15, -0.1) is 0 Å². The van der Waals surface area contributed by atoms with E-state index in [9.17, 15) is 4.79 Å².